The van der Waals surface area contributed by atoms with E-state index in [9.17, 15) is 19.2 Å². The molecule has 0 fully saturated rings. The van der Waals surface area contributed by atoms with Gasteiger partial charge in [0.2, 0.25) is 23.0 Å². The van der Waals surface area contributed by atoms with Crippen LogP contribution in [-0.4, -0.2) is 63.3 Å². The number of methoxy groups -OCH3 is 4. The van der Waals surface area contributed by atoms with Crippen LogP contribution in [0.4, 0.5) is 5.69 Å². The Bertz CT molecular complexity index is 1920. The molecule has 48 heavy (non-hydrogen) atoms. The molecule has 0 spiro atoms. The van der Waals surface area contributed by atoms with Crippen molar-refractivity contribution in [3.05, 3.63) is 81.6 Å². The van der Waals surface area contributed by atoms with Crippen LogP contribution in [-0.2, 0) is 32.0 Å². The number of para-hydroxylation sites is 1. The molecule has 2 amide bonds. The molecule has 0 radical (unpaired) electrons. The van der Waals surface area contributed by atoms with Gasteiger partial charge in [-0.05, 0) is 66.3 Å². The molecule has 12 nitrogen and oxygen atoms in total. The zero-order valence-corrected chi connectivity index (χ0v) is 27.8. The number of ether oxygens (including phenoxy) is 4. The predicted molar refractivity (Wildman–Crippen MR) is 182 cm³/mol. The molecule has 12 heteroatoms. The Hall–Kier alpha value is -5.52. The molecule has 5 rings (SSSR count). The number of rotatable bonds is 11. The Morgan fingerprint density at radius 2 is 1.73 bits per heavy atom. The maximum Gasteiger partial charge on any atom is 0.328 e. The minimum absolute atomic E-state index is 0.152. The van der Waals surface area contributed by atoms with Crippen LogP contribution in [0.2, 0.25) is 0 Å². The number of carbonyl (C=O) groups is 3. The molecule has 0 saturated heterocycles. The number of amides is 2. The fourth-order valence-electron chi connectivity index (χ4n) is 6.28. The summed E-state index contributed by atoms with van der Waals surface area (Å²) in [5.41, 5.74) is 4.37. The molecule has 0 saturated carbocycles. The Morgan fingerprint density at radius 1 is 0.979 bits per heavy atom. The lowest BCUT2D eigenvalue weighted by molar-refractivity contribution is -0.145. The van der Waals surface area contributed by atoms with Crippen molar-refractivity contribution in [2.24, 2.45) is 0 Å². The molecule has 0 unspecified atom stereocenters. The first-order valence-electron chi connectivity index (χ1n) is 15.6. The van der Waals surface area contributed by atoms with Crippen molar-refractivity contribution in [3.8, 4) is 28.4 Å². The third-order valence-corrected chi connectivity index (χ3v) is 8.58. The molecule has 0 bridgehead atoms. The van der Waals surface area contributed by atoms with Crippen LogP contribution in [0.25, 0.3) is 22.0 Å². The fourth-order valence-corrected chi connectivity index (χ4v) is 6.28. The number of aromatic nitrogens is 1. The normalized spacial score (nSPS) is 14.8. The highest BCUT2D eigenvalue weighted by Gasteiger charge is 2.30. The van der Waals surface area contributed by atoms with Crippen LogP contribution in [0.3, 0.4) is 0 Å². The van der Waals surface area contributed by atoms with Gasteiger partial charge in [0, 0.05) is 36.0 Å². The number of H-pyrrole nitrogens is 1. The van der Waals surface area contributed by atoms with Crippen molar-refractivity contribution in [2.75, 3.05) is 33.8 Å². The van der Waals surface area contributed by atoms with Gasteiger partial charge in [-0.15, -0.1) is 0 Å². The average molecular weight is 657 g/mol. The second-order valence-electron chi connectivity index (χ2n) is 11.6. The molecular weight excluding hydrogens is 616 g/mol. The number of hydrogen-bond donors (Lipinski definition) is 4. The standard InChI is InChI=1S/C36H40N4O8/c1-19(35(43)40-29(36(44)48-6)15-22-18-37-26-10-8-7-9-23(22)26)38-28-14-12-24-25(17-30(28)42)27(39-20(2)41)13-11-21-16-31(45-3)33(46-4)34(47-5)32(21)24/h7-10,12,14,16-19,27,29,37H,11,13,15H2,1-6H3,(H,38,42)(H,39,41)(H,40,43)/t19-,27-,29-/m0/s1. The number of nitrogens with one attached hydrogen (secondary N) is 4. The van der Waals surface area contributed by atoms with Crippen molar-refractivity contribution in [1.82, 2.24) is 15.6 Å². The van der Waals surface area contributed by atoms with Gasteiger partial charge < -0.3 is 39.9 Å². The summed E-state index contributed by atoms with van der Waals surface area (Å²) in [5, 5.41) is 9.72. The van der Waals surface area contributed by atoms with Gasteiger partial charge in [-0.3, -0.25) is 14.4 Å². The highest BCUT2D eigenvalue weighted by molar-refractivity contribution is 5.90. The van der Waals surface area contributed by atoms with Crippen molar-refractivity contribution >= 4 is 34.4 Å². The molecule has 1 heterocycles. The Morgan fingerprint density at radius 3 is 2.42 bits per heavy atom. The van der Waals surface area contributed by atoms with Crippen LogP contribution in [0.15, 0.2) is 59.5 Å². The molecule has 4 aromatic rings. The summed E-state index contributed by atoms with van der Waals surface area (Å²) in [6.45, 7) is 3.03. The van der Waals surface area contributed by atoms with Crippen LogP contribution < -0.4 is 35.6 Å². The SMILES string of the molecule is COC(=O)[C@H](Cc1c[nH]c2ccccc12)NC(=O)[C@H](C)Nc1ccc2c(cc1=O)[C@@H](NC(C)=O)CCc1cc(OC)c(OC)c(OC)c1-2. The van der Waals surface area contributed by atoms with Crippen molar-refractivity contribution in [1.29, 1.82) is 0 Å². The second kappa shape index (κ2) is 14.5. The van der Waals surface area contributed by atoms with Crippen LogP contribution >= 0.6 is 0 Å². The van der Waals surface area contributed by atoms with Crippen LogP contribution in [0.5, 0.6) is 17.2 Å². The third-order valence-electron chi connectivity index (χ3n) is 8.58. The van der Waals surface area contributed by atoms with E-state index in [1.54, 1.807) is 32.4 Å². The molecule has 252 valence electrons. The van der Waals surface area contributed by atoms with Crippen molar-refractivity contribution in [3.63, 3.8) is 0 Å². The summed E-state index contributed by atoms with van der Waals surface area (Å²) >= 11 is 0. The number of aryl methyl sites for hydroxylation is 1. The first kappa shape index (κ1) is 33.8. The molecule has 1 aromatic heterocycles. The Kier molecular flexibility index (Phi) is 10.2. The third kappa shape index (κ3) is 6.78. The number of carbonyl (C=O) groups excluding carboxylic acids is 3. The van der Waals surface area contributed by atoms with Gasteiger partial charge in [0.15, 0.2) is 11.5 Å². The number of hydrogen-bond acceptors (Lipinski definition) is 9. The molecular formula is C36H40N4O8. The largest absolute Gasteiger partial charge is 0.493 e. The van der Waals surface area contributed by atoms with Gasteiger partial charge >= 0.3 is 5.97 Å². The van der Waals surface area contributed by atoms with Gasteiger partial charge in [-0.25, -0.2) is 4.79 Å². The van der Waals surface area contributed by atoms with Gasteiger partial charge in [0.25, 0.3) is 0 Å². The molecule has 4 N–H and O–H groups in total. The fraction of sp³-hybridized carbons (Fsp3) is 0.333. The number of fused-ring (bicyclic) bond motifs is 4. The lowest BCUT2D eigenvalue weighted by atomic mass is 9.95. The summed E-state index contributed by atoms with van der Waals surface area (Å²) in [6.07, 6.45) is 3.08. The van der Waals surface area contributed by atoms with E-state index in [0.29, 0.717) is 46.8 Å². The predicted octanol–water partition coefficient (Wildman–Crippen LogP) is 4.05. The summed E-state index contributed by atoms with van der Waals surface area (Å²) in [6, 6.07) is 12.0. The summed E-state index contributed by atoms with van der Waals surface area (Å²) in [5.74, 6) is -0.0138. The summed E-state index contributed by atoms with van der Waals surface area (Å²) < 4.78 is 22.1. The molecule has 1 aliphatic rings. The average Bonchev–Trinajstić information content (AvgIpc) is 3.35. The quantitative estimate of drug-likeness (QED) is 0.175. The van der Waals surface area contributed by atoms with E-state index in [4.69, 9.17) is 18.9 Å². The zero-order valence-electron chi connectivity index (χ0n) is 27.8. The first-order chi connectivity index (χ1) is 23.1. The van der Waals surface area contributed by atoms with E-state index in [1.807, 2.05) is 30.3 Å². The van der Waals surface area contributed by atoms with E-state index in [1.165, 1.54) is 34.3 Å². The number of benzene rings is 2. The van der Waals surface area contributed by atoms with E-state index in [-0.39, 0.29) is 18.0 Å². The van der Waals surface area contributed by atoms with Gasteiger partial charge in [-0.1, -0.05) is 24.3 Å². The van der Waals surface area contributed by atoms with E-state index >= 15 is 0 Å². The van der Waals surface area contributed by atoms with Crippen LogP contribution in [0, 0.1) is 0 Å². The first-order valence-corrected chi connectivity index (χ1v) is 15.6. The molecule has 0 aliphatic heterocycles. The van der Waals surface area contributed by atoms with Gasteiger partial charge in [0.1, 0.15) is 12.1 Å². The molecule has 1 aliphatic carbocycles. The molecule has 3 atom stereocenters. The minimum Gasteiger partial charge on any atom is -0.493 e. The zero-order chi connectivity index (χ0) is 34.5. The lowest BCUT2D eigenvalue weighted by Gasteiger charge is -2.20. The summed E-state index contributed by atoms with van der Waals surface area (Å²) in [7, 11) is 5.86. The Labute approximate surface area is 278 Å². The van der Waals surface area contributed by atoms with E-state index < -0.39 is 35.4 Å². The lowest BCUT2D eigenvalue weighted by Crippen LogP contribution is -2.48. The molecule has 3 aromatic carbocycles. The smallest absolute Gasteiger partial charge is 0.328 e. The highest BCUT2D eigenvalue weighted by Crippen LogP contribution is 2.50. The topological polar surface area (TPSA) is 157 Å². The minimum atomic E-state index is -0.963. The Balaban J connectivity index is 1.48. The second-order valence-corrected chi connectivity index (χ2v) is 11.6. The van der Waals surface area contributed by atoms with Crippen LogP contribution in [0.1, 0.15) is 43.0 Å². The monoisotopic (exact) mass is 656 g/mol. The summed E-state index contributed by atoms with van der Waals surface area (Å²) in [4.78, 5) is 55.3. The number of aromatic amines is 1. The maximum atomic E-state index is 13.7. The van der Waals surface area contributed by atoms with Gasteiger partial charge in [0.05, 0.1) is 40.2 Å². The van der Waals surface area contributed by atoms with Gasteiger partial charge in [-0.2, -0.15) is 0 Å². The number of anilines is 1. The highest BCUT2D eigenvalue weighted by atomic mass is 16.5. The van der Waals surface area contributed by atoms with Crippen molar-refractivity contribution in [2.45, 2.75) is 51.2 Å². The van der Waals surface area contributed by atoms with Crippen molar-refractivity contribution < 1.29 is 33.3 Å². The number of esters is 1. The van der Waals surface area contributed by atoms with E-state index in [0.717, 1.165) is 22.0 Å². The maximum absolute atomic E-state index is 13.7. The van der Waals surface area contributed by atoms with E-state index in [2.05, 4.69) is 20.9 Å².